The van der Waals surface area contributed by atoms with Crippen molar-refractivity contribution in [3.05, 3.63) is 71.8 Å². The number of carboxylic acids is 1. The van der Waals surface area contributed by atoms with E-state index in [9.17, 15) is 9.59 Å². The Balaban J connectivity index is 2.06. The summed E-state index contributed by atoms with van der Waals surface area (Å²) in [5.74, 6) is -1.42. The first-order valence-electron chi connectivity index (χ1n) is 6.18. The molecule has 5 nitrogen and oxygen atoms in total. The molecule has 21 heavy (non-hydrogen) atoms. The zero-order valence-corrected chi connectivity index (χ0v) is 11.0. The number of carbonyl (C=O) groups is 2. The molecule has 0 atom stereocenters. The summed E-state index contributed by atoms with van der Waals surface area (Å²) in [6.45, 7) is 0. The maximum atomic E-state index is 11.7. The summed E-state index contributed by atoms with van der Waals surface area (Å²) in [5, 5.41) is 11.4. The van der Waals surface area contributed by atoms with E-state index in [0.29, 0.717) is 5.76 Å². The number of amides is 1. The van der Waals surface area contributed by atoms with Gasteiger partial charge in [-0.25, -0.2) is 4.79 Å². The lowest BCUT2D eigenvalue weighted by Gasteiger charge is -2.02. The van der Waals surface area contributed by atoms with E-state index in [1.165, 1.54) is 18.4 Å². The van der Waals surface area contributed by atoms with Crippen molar-refractivity contribution in [3.8, 4) is 0 Å². The van der Waals surface area contributed by atoms with Crippen LogP contribution in [0.2, 0.25) is 0 Å². The number of hydrogen-bond donors (Lipinski definition) is 2. The van der Waals surface area contributed by atoms with Crippen molar-refractivity contribution in [2.45, 2.75) is 0 Å². The molecular weight excluding hydrogens is 270 g/mol. The molecule has 0 aliphatic carbocycles. The fourth-order valence-corrected chi connectivity index (χ4v) is 1.58. The van der Waals surface area contributed by atoms with Crippen LogP contribution in [0, 0.1) is 0 Å². The molecule has 0 bridgehead atoms. The quantitative estimate of drug-likeness (QED) is 0.826. The van der Waals surface area contributed by atoms with Crippen LogP contribution < -0.4 is 5.32 Å². The first-order valence-corrected chi connectivity index (χ1v) is 6.18. The maximum absolute atomic E-state index is 11.7. The number of benzene rings is 1. The Morgan fingerprint density at radius 2 is 1.86 bits per heavy atom. The molecule has 1 aromatic heterocycles. The van der Waals surface area contributed by atoms with Gasteiger partial charge in [0, 0.05) is 12.2 Å². The summed E-state index contributed by atoms with van der Waals surface area (Å²) < 4.78 is 5.02. The predicted octanol–water partition coefficient (Wildman–Crippen LogP) is 2.53. The zero-order valence-electron chi connectivity index (χ0n) is 11.0. The third-order valence-corrected chi connectivity index (χ3v) is 2.54. The van der Waals surface area contributed by atoms with Crippen LogP contribution in [0.4, 0.5) is 0 Å². The highest BCUT2D eigenvalue weighted by Gasteiger charge is 2.10. The standard InChI is InChI=1S/C16H13NO4/c18-15(9-8-12-5-2-1-3-6-12)17-14(16(19)20)11-13-7-4-10-21-13/h1-11H,(H,17,18)(H,19,20)/b9-8+,14-11-. The summed E-state index contributed by atoms with van der Waals surface area (Å²) in [5.41, 5.74) is 0.590. The molecule has 0 saturated carbocycles. The Labute approximate surface area is 121 Å². The lowest BCUT2D eigenvalue weighted by Crippen LogP contribution is -2.25. The summed E-state index contributed by atoms with van der Waals surface area (Å²) >= 11 is 0. The topological polar surface area (TPSA) is 79.5 Å². The first kappa shape index (κ1) is 14.3. The summed E-state index contributed by atoms with van der Waals surface area (Å²) in [7, 11) is 0. The van der Waals surface area contributed by atoms with Gasteiger partial charge in [-0.1, -0.05) is 30.3 Å². The molecule has 2 N–H and O–H groups in total. The number of furan rings is 1. The first-order chi connectivity index (χ1) is 10.1. The van der Waals surface area contributed by atoms with E-state index < -0.39 is 11.9 Å². The van der Waals surface area contributed by atoms with E-state index in [1.807, 2.05) is 30.3 Å². The molecule has 0 radical (unpaired) electrons. The Hall–Kier alpha value is -3.08. The minimum atomic E-state index is -1.24. The van der Waals surface area contributed by atoms with Crippen molar-refractivity contribution in [1.29, 1.82) is 0 Å². The second-order valence-electron chi connectivity index (χ2n) is 4.11. The van der Waals surface area contributed by atoms with Gasteiger partial charge in [-0.05, 0) is 23.8 Å². The van der Waals surface area contributed by atoms with Crippen LogP contribution in [0.25, 0.3) is 12.2 Å². The van der Waals surface area contributed by atoms with Crippen LogP contribution in [-0.4, -0.2) is 17.0 Å². The number of hydrogen-bond acceptors (Lipinski definition) is 3. The SMILES string of the molecule is O=C(/C=C/c1ccccc1)N/C(=C\c1ccco1)C(=O)O. The smallest absolute Gasteiger partial charge is 0.352 e. The van der Waals surface area contributed by atoms with Crippen LogP contribution in [0.1, 0.15) is 11.3 Å². The van der Waals surface area contributed by atoms with Crippen molar-refractivity contribution < 1.29 is 19.1 Å². The molecule has 106 valence electrons. The van der Waals surface area contributed by atoms with Crippen LogP contribution in [-0.2, 0) is 9.59 Å². The van der Waals surface area contributed by atoms with E-state index >= 15 is 0 Å². The van der Waals surface area contributed by atoms with Gasteiger partial charge in [-0.3, -0.25) is 4.79 Å². The van der Waals surface area contributed by atoms with Crippen LogP contribution in [0.3, 0.4) is 0 Å². The second kappa shape index (κ2) is 6.91. The molecule has 0 fully saturated rings. The fraction of sp³-hybridized carbons (Fsp3) is 0. The van der Waals surface area contributed by atoms with Crippen LogP contribution in [0.15, 0.2) is 64.9 Å². The molecule has 1 amide bonds. The van der Waals surface area contributed by atoms with Crippen LogP contribution in [0.5, 0.6) is 0 Å². The Morgan fingerprint density at radius 1 is 1.10 bits per heavy atom. The Bertz CT molecular complexity index is 670. The van der Waals surface area contributed by atoms with Gasteiger partial charge in [0.1, 0.15) is 11.5 Å². The van der Waals surface area contributed by atoms with Gasteiger partial charge < -0.3 is 14.8 Å². The molecule has 1 heterocycles. The van der Waals surface area contributed by atoms with Gasteiger partial charge in [-0.2, -0.15) is 0 Å². The van der Waals surface area contributed by atoms with Gasteiger partial charge in [0.05, 0.1) is 6.26 Å². The molecule has 1 aromatic carbocycles. The zero-order chi connectivity index (χ0) is 15.1. The number of carbonyl (C=O) groups excluding carboxylic acids is 1. The summed E-state index contributed by atoms with van der Waals surface area (Å²) in [6, 6.07) is 12.4. The Kier molecular flexibility index (Phi) is 4.71. The average molecular weight is 283 g/mol. The van der Waals surface area contributed by atoms with E-state index in [0.717, 1.165) is 5.56 Å². The monoisotopic (exact) mass is 283 g/mol. The number of nitrogens with one attached hydrogen (secondary N) is 1. The highest BCUT2D eigenvalue weighted by Crippen LogP contribution is 2.06. The third-order valence-electron chi connectivity index (χ3n) is 2.54. The fourth-order valence-electron chi connectivity index (χ4n) is 1.58. The summed E-state index contributed by atoms with van der Waals surface area (Å²) in [4.78, 5) is 22.8. The van der Waals surface area contributed by atoms with Gasteiger partial charge in [0.25, 0.3) is 0 Å². The lowest BCUT2D eigenvalue weighted by atomic mass is 10.2. The molecule has 0 aliphatic heterocycles. The molecule has 0 saturated heterocycles. The molecule has 5 heteroatoms. The molecule has 2 aromatic rings. The van der Waals surface area contributed by atoms with E-state index in [-0.39, 0.29) is 5.70 Å². The molecule has 0 unspecified atom stereocenters. The predicted molar refractivity (Wildman–Crippen MR) is 77.9 cm³/mol. The molecular formula is C16H13NO4. The van der Waals surface area contributed by atoms with Crippen molar-refractivity contribution >= 4 is 24.0 Å². The van der Waals surface area contributed by atoms with Gasteiger partial charge in [0.2, 0.25) is 5.91 Å². The van der Waals surface area contributed by atoms with Gasteiger partial charge >= 0.3 is 5.97 Å². The normalized spacial score (nSPS) is 11.5. The largest absolute Gasteiger partial charge is 0.477 e. The van der Waals surface area contributed by atoms with Crippen molar-refractivity contribution in [2.24, 2.45) is 0 Å². The van der Waals surface area contributed by atoms with E-state index in [4.69, 9.17) is 9.52 Å². The van der Waals surface area contributed by atoms with Crippen molar-refractivity contribution in [3.63, 3.8) is 0 Å². The van der Waals surface area contributed by atoms with Crippen molar-refractivity contribution in [2.75, 3.05) is 0 Å². The number of rotatable bonds is 5. The molecule has 2 rings (SSSR count). The van der Waals surface area contributed by atoms with E-state index in [1.54, 1.807) is 18.2 Å². The summed E-state index contributed by atoms with van der Waals surface area (Å²) in [6.07, 6.45) is 5.54. The molecule has 0 aliphatic rings. The maximum Gasteiger partial charge on any atom is 0.352 e. The van der Waals surface area contributed by atoms with Gasteiger partial charge in [0.15, 0.2) is 0 Å². The highest BCUT2D eigenvalue weighted by molar-refractivity contribution is 6.01. The van der Waals surface area contributed by atoms with Crippen LogP contribution >= 0.6 is 0 Å². The minimum absolute atomic E-state index is 0.257. The highest BCUT2D eigenvalue weighted by atomic mass is 16.4. The number of carboxylic acid groups (broad SMARTS) is 1. The Morgan fingerprint density at radius 3 is 2.48 bits per heavy atom. The van der Waals surface area contributed by atoms with Gasteiger partial charge in [-0.15, -0.1) is 0 Å². The minimum Gasteiger partial charge on any atom is -0.477 e. The molecule has 0 spiro atoms. The number of aliphatic carboxylic acids is 1. The van der Waals surface area contributed by atoms with E-state index in [2.05, 4.69) is 5.32 Å². The average Bonchev–Trinajstić information content (AvgIpc) is 2.98. The third kappa shape index (κ3) is 4.50. The van der Waals surface area contributed by atoms with Crippen molar-refractivity contribution in [1.82, 2.24) is 5.32 Å². The second-order valence-corrected chi connectivity index (χ2v) is 4.11. The lowest BCUT2D eigenvalue weighted by molar-refractivity contribution is -0.134.